The van der Waals surface area contributed by atoms with Crippen LogP contribution < -0.4 is 0 Å². The van der Waals surface area contributed by atoms with Crippen LogP contribution in [0.2, 0.25) is 0 Å². The van der Waals surface area contributed by atoms with Crippen LogP contribution in [-0.2, 0) is 4.79 Å². The second kappa shape index (κ2) is 14.1. The van der Waals surface area contributed by atoms with Crippen molar-refractivity contribution in [1.82, 2.24) is 0 Å². The van der Waals surface area contributed by atoms with E-state index in [9.17, 15) is 4.79 Å². The summed E-state index contributed by atoms with van der Waals surface area (Å²) in [7, 11) is 0. The Balaban J connectivity index is -0.000000313. The van der Waals surface area contributed by atoms with E-state index in [1.54, 1.807) is 0 Å². The zero-order valence-corrected chi connectivity index (χ0v) is 10.8. The van der Waals surface area contributed by atoms with E-state index < -0.39 is 43.4 Å². The van der Waals surface area contributed by atoms with Crippen molar-refractivity contribution in [2.75, 3.05) is 26.4 Å². The molecule has 19 heavy (non-hydrogen) atoms. The Hall–Kier alpha value is -0.360. The summed E-state index contributed by atoms with van der Waals surface area (Å²) in [5.74, 6) is -1.00. The molecule has 0 fully saturated rings. The van der Waals surface area contributed by atoms with E-state index in [0.717, 1.165) is 0 Å². The van der Waals surface area contributed by atoms with Gasteiger partial charge in [0.2, 0.25) is 0 Å². The molecule has 3 atom stereocenters. The average molecular weight is 309 g/mol. The number of aliphatic hydroxyl groups is 8. The molecule has 10 heteroatoms. The van der Waals surface area contributed by atoms with Crippen LogP contribution in [0.25, 0.3) is 0 Å². The minimum absolute atomic E-state index is 0. The van der Waals surface area contributed by atoms with Crippen LogP contribution in [0.1, 0.15) is 0 Å². The monoisotopic (exact) mass is 308 g/mol. The first-order valence-corrected chi connectivity index (χ1v) is 5.04. The molecule has 3 unspecified atom stereocenters. The summed E-state index contributed by atoms with van der Waals surface area (Å²) in [5.41, 5.74) is 0. The largest absolute Gasteiger partial charge is 0.394 e. The van der Waals surface area contributed by atoms with Gasteiger partial charge in [-0.3, -0.25) is 4.79 Å². The van der Waals surface area contributed by atoms with E-state index in [-0.39, 0.29) is 25.6 Å². The summed E-state index contributed by atoms with van der Waals surface area (Å²) >= 11 is 0. The van der Waals surface area contributed by atoms with Gasteiger partial charge >= 0.3 is 0 Å². The first kappa shape index (κ1) is 23.7. The van der Waals surface area contributed by atoms with Crippen LogP contribution in [0.4, 0.5) is 0 Å². The molecule has 0 aliphatic carbocycles. The van der Waals surface area contributed by atoms with E-state index in [4.69, 9.17) is 40.9 Å². The number of hydrogen-bond donors (Lipinski definition) is 8. The molecule has 118 valence electrons. The Bertz CT molecular complexity index is 212. The molecule has 9 nitrogen and oxygen atoms in total. The molecule has 0 aromatic rings. The number of carbonyl (C=O) groups is 1. The van der Waals surface area contributed by atoms with Crippen molar-refractivity contribution in [2.24, 2.45) is 0 Å². The van der Waals surface area contributed by atoms with Crippen molar-refractivity contribution in [3.05, 3.63) is 0 Å². The highest BCUT2D eigenvalue weighted by Crippen LogP contribution is 2.00. The van der Waals surface area contributed by atoms with Crippen molar-refractivity contribution in [2.45, 2.75) is 24.4 Å². The molecule has 0 radical (unpaired) electrons. The summed E-state index contributed by atoms with van der Waals surface area (Å²) in [4.78, 5) is 10.5. The molecule has 0 aromatic heterocycles. The van der Waals surface area contributed by atoms with Crippen LogP contribution in [0.15, 0.2) is 0 Å². The number of hydrogen-bond acceptors (Lipinski definition) is 9. The van der Waals surface area contributed by atoms with E-state index in [2.05, 4.69) is 0 Å². The summed E-state index contributed by atoms with van der Waals surface area (Å²) in [6.45, 7) is -2.42. The third kappa shape index (κ3) is 11.2. The van der Waals surface area contributed by atoms with Crippen molar-refractivity contribution < 1.29 is 45.6 Å². The standard InChI is InChI=1S/C6H12O6.C3H8O3.ClH/c7-1-3(9)5(11)6(12)4(10)2-8;4-1-3(6)2-5;/h3,5-9,11-12H,1-2H2;3-6H,1-2H2;1H. The van der Waals surface area contributed by atoms with Crippen LogP contribution in [0.5, 0.6) is 0 Å². The molecular formula is C9H21ClO9. The fourth-order valence-corrected chi connectivity index (χ4v) is 0.660. The van der Waals surface area contributed by atoms with E-state index in [1.807, 2.05) is 0 Å². The fourth-order valence-electron chi connectivity index (χ4n) is 0.660. The smallest absolute Gasteiger partial charge is 0.189 e. The van der Waals surface area contributed by atoms with E-state index in [1.165, 1.54) is 0 Å². The number of rotatable bonds is 7. The maximum atomic E-state index is 10.5. The molecule has 0 aromatic carbocycles. The molecule has 0 aliphatic rings. The molecule has 0 heterocycles. The second-order valence-electron chi connectivity index (χ2n) is 3.33. The average Bonchev–Trinajstić information content (AvgIpc) is 2.43. The van der Waals surface area contributed by atoms with Gasteiger partial charge in [0.05, 0.1) is 19.8 Å². The third-order valence-corrected chi connectivity index (χ3v) is 1.81. The zero-order chi connectivity index (χ0) is 14.7. The van der Waals surface area contributed by atoms with Gasteiger partial charge in [-0.05, 0) is 0 Å². The Morgan fingerprint density at radius 1 is 0.842 bits per heavy atom. The van der Waals surface area contributed by atoms with Crippen molar-refractivity contribution in [3.63, 3.8) is 0 Å². The van der Waals surface area contributed by atoms with Crippen LogP contribution in [0.3, 0.4) is 0 Å². The molecule has 0 spiro atoms. The van der Waals surface area contributed by atoms with Gasteiger partial charge in [-0.1, -0.05) is 0 Å². The van der Waals surface area contributed by atoms with Crippen LogP contribution >= 0.6 is 12.4 Å². The molecule has 0 rings (SSSR count). The Kier molecular flexibility index (Phi) is 17.5. The molecular weight excluding hydrogens is 288 g/mol. The lowest BCUT2D eigenvalue weighted by Crippen LogP contribution is -2.44. The predicted molar refractivity (Wildman–Crippen MR) is 64.6 cm³/mol. The quantitative estimate of drug-likeness (QED) is 0.229. The van der Waals surface area contributed by atoms with Crippen molar-refractivity contribution in [1.29, 1.82) is 0 Å². The summed E-state index contributed by atoms with van der Waals surface area (Å²) in [5, 5.41) is 67.1. The highest BCUT2D eigenvalue weighted by atomic mass is 35.5. The zero-order valence-electron chi connectivity index (χ0n) is 10.0. The first-order valence-electron chi connectivity index (χ1n) is 5.04. The van der Waals surface area contributed by atoms with Gasteiger partial charge in [-0.15, -0.1) is 12.4 Å². The molecule has 0 amide bonds. The predicted octanol–water partition coefficient (Wildman–Crippen LogP) is -4.62. The number of carbonyl (C=O) groups excluding carboxylic acids is 1. The molecule has 0 bridgehead atoms. The lowest BCUT2D eigenvalue weighted by molar-refractivity contribution is -0.142. The van der Waals surface area contributed by atoms with Gasteiger partial charge < -0.3 is 40.9 Å². The van der Waals surface area contributed by atoms with Crippen LogP contribution in [-0.4, -0.2) is 97.5 Å². The lowest BCUT2D eigenvalue weighted by atomic mass is 10.1. The lowest BCUT2D eigenvalue weighted by Gasteiger charge is -2.19. The van der Waals surface area contributed by atoms with Gasteiger partial charge in [0.1, 0.15) is 31.0 Å². The van der Waals surface area contributed by atoms with E-state index in [0.29, 0.717) is 0 Å². The number of aliphatic hydroxyl groups excluding tert-OH is 8. The molecule has 0 aliphatic heterocycles. The SMILES string of the molecule is Cl.O=C(CO)C(O)C(O)C(O)CO.OCC(O)CO. The maximum Gasteiger partial charge on any atom is 0.189 e. The van der Waals surface area contributed by atoms with Gasteiger partial charge in [-0.25, -0.2) is 0 Å². The van der Waals surface area contributed by atoms with E-state index >= 15 is 0 Å². The highest BCUT2D eigenvalue weighted by molar-refractivity contribution is 5.85. The molecule has 8 N–H and O–H groups in total. The van der Waals surface area contributed by atoms with Gasteiger partial charge in [-0.2, -0.15) is 0 Å². The Labute approximate surface area is 115 Å². The summed E-state index contributed by atoms with van der Waals surface area (Å²) < 4.78 is 0. The minimum Gasteiger partial charge on any atom is -0.394 e. The van der Waals surface area contributed by atoms with Crippen LogP contribution in [0, 0.1) is 0 Å². The normalized spacial score (nSPS) is 14.8. The highest BCUT2D eigenvalue weighted by Gasteiger charge is 2.28. The molecule has 0 saturated heterocycles. The van der Waals surface area contributed by atoms with Crippen molar-refractivity contribution >= 4 is 18.2 Å². The minimum atomic E-state index is -1.86. The Morgan fingerprint density at radius 3 is 1.47 bits per heavy atom. The maximum absolute atomic E-state index is 10.5. The van der Waals surface area contributed by atoms with Gasteiger partial charge in [0.25, 0.3) is 0 Å². The molecule has 0 saturated carbocycles. The first-order chi connectivity index (χ1) is 8.35. The second-order valence-corrected chi connectivity index (χ2v) is 3.33. The van der Waals surface area contributed by atoms with Gasteiger partial charge in [0, 0.05) is 0 Å². The third-order valence-electron chi connectivity index (χ3n) is 1.81. The summed E-state index contributed by atoms with van der Waals surface area (Å²) in [6, 6.07) is 0. The summed E-state index contributed by atoms with van der Waals surface area (Å²) in [6.07, 6.45) is -6.17. The van der Waals surface area contributed by atoms with Gasteiger partial charge in [0.15, 0.2) is 5.78 Å². The fraction of sp³-hybridized carbons (Fsp3) is 0.889. The number of halogens is 1. The number of Topliss-reactive ketones (excluding diaryl/α,β-unsaturated/α-hetero) is 1. The number of ketones is 1. The Morgan fingerprint density at radius 2 is 1.26 bits per heavy atom. The topological polar surface area (TPSA) is 179 Å². The van der Waals surface area contributed by atoms with Crippen molar-refractivity contribution in [3.8, 4) is 0 Å².